The van der Waals surface area contributed by atoms with Gasteiger partial charge in [0.2, 0.25) is 5.91 Å². The Kier molecular flexibility index (Phi) is 7.48. The molecule has 2 rings (SSSR count). The molecule has 1 N–H and O–H groups in total. The van der Waals surface area contributed by atoms with Crippen molar-refractivity contribution in [2.24, 2.45) is 0 Å². The number of halogens is 1. The summed E-state index contributed by atoms with van der Waals surface area (Å²) in [7, 11) is 7.23. The minimum atomic E-state index is -0.0439. The third-order valence-electron chi connectivity index (χ3n) is 3.98. The molecule has 26 heavy (non-hydrogen) atoms. The number of hydrogen-bond acceptors (Lipinski definition) is 4. The molecule has 0 heterocycles. The molecule has 6 heteroatoms. The predicted molar refractivity (Wildman–Crippen MR) is 107 cm³/mol. The number of ether oxygens (including phenoxy) is 2. The highest BCUT2D eigenvalue weighted by Gasteiger charge is 2.13. The van der Waals surface area contributed by atoms with Gasteiger partial charge in [-0.2, -0.15) is 0 Å². The first kappa shape index (κ1) is 20.3. The summed E-state index contributed by atoms with van der Waals surface area (Å²) >= 11 is 3.49. The molecule has 0 unspecified atom stereocenters. The van der Waals surface area contributed by atoms with Crippen LogP contribution in [0.3, 0.4) is 0 Å². The molecule has 0 saturated carbocycles. The maximum absolute atomic E-state index is 12.4. The van der Waals surface area contributed by atoms with Crippen molar-refractivity contribution in [1.82, 2.24) is 10.2 Å². The van der Waals surface area contributed by atoms with Gasteiger partial charge in [0.25, 0.3) is 0 Å². The molecule has 0 aromatic heterocycles. The van der Waals surface area contributed by atoms with E-state index in [4.69, 9.17) is 9.47 Å². The summed E-state index contributed by atoms with van der Waals surface area (Å²) in [5, 5.41) is 3.00. The van der Waals surface area contributed by atoms with Gasteiger partial charge in [0.15, 0.2) is 11.5 Å². The number of benzene rings is 2. The molecule has 0 atom stereocenters. The van der Waals surface area contributed by atoms with Crippen LogP contribution in [0, 0.1) is 0 Å². The van der Waals surface area contributed by atoms with E-state index in [0.717, 1.165) is 22.1 Å². The first-order valence-electron chi connectivity index (χ1n) is 8.33. The third-order valence-corrected chi connectivity index (χ3v) is 4.72. The quantitative estimate of drug-likeness (QED) is 0.710. The topological polar surface area (TPSA) is 50.8 Å². The number of carbonyl (C=O) groups excluding carboxylic acids is 1. The predicted octanol–water partition coefficient (Wildman–Crippen LogP) is 3.39. The van der Waals surface area contributed by atoms with Gasteiger partial charge in [-0.25, -0.2) is 0 Å². The second kappa shape index (κ2) is 9.59. The average molecular weight is 421 g/mol. The van der Waals surface area contributed by atoms with Gasteiger partial charge in [-0.05, 0) is 42.9 Å². The Morgan fingerprint density at radius 2 is 1.65 bits per heavy atom. The number of rotatable bonds is 8. The second-order valence-corrected chi connectivity index (χ2v) is 7.11. The molecular formula is C20H25BrN2O3. The zero-order valence-electron chi connectivity index (χ0n) is 15.6. The van der Waals surface area contributed by atoms with Crippen LogP contribution in [0.2, 0.25) is 0 Å². The fourth-order valence-electron chi connectivity index (χ4n) is 2.69. The zero-order valence-corrected chi connectivity index (χ0v) is 17.2. The monoisotopic (exact) mass is 420 g/mol. The Balaban J connectivity index is 2.04. The summed E-state index contributed by atoms with van der Waals surface area (Å²) in [4.78, 5) is 14.5. The molecule has 0 aliphatic carbocycles. The highest BCUT2D eigenvalue weighted by molar-refractivity contribution is 9.10. The van der Waals surface area contributed by atoms with Crippen molar-refractivity contribution in [3.05, 3.63) is 57.6 Å². The lowest BCUT2D eigenvalue weighted by molar-refractivity contribution is -0.120. The Hall–Kier alpha value is -2.05. The van der Waals surface area contributed by atoms with E-state index in [1.807, 2.05) is 44.4 Å². The van der Waals surface area contributed by atoms with E-state index in [1.165, 1.54) is 5.56 Å². The lowest BCUT2D eigenvalue weighted by atomic mass is 10.1. The Labute approximate surface area is 163 Å². The highest BCUT2D eigenvalue weighted by Crippen LogP contribution is 2.33. The molecule has 0 radical (unpaired) electrons. The molecule has 0 spiro atoms. The van der Waals surface area contributed by atoms with Crippen molar-refractivity contribution in [3.8, 4) is 11.5 Å². The van der Waals surface area contributed by atoms with E-state index in [9.17, 15) is 4.79 Å². The number of methoxy groups -OCH3 is 2. The number of hydrogen-bond donors (Lipinski definition) is 1. The van der Waals surface area contributed by atoms with Crippen LogP contribution in [0.15, 0.2) is 40.9 Å². The molecule has 5 nitrogen and oxygen atoms in total. The number of carbonyl (C=O) groups is 1. The summed E-state index contributed by atoms with van der Waals surface area (Å²) in [6.45, 7) is 1.35. The molecule has 0 bridgehead atoms. The van der Waals surface area contributed by atoms with Gasteiger partial charge in [0.1, 0.15) is 0 Å². The van der Waals surface area contributed by atoms with Gasteiger partial charge in [0, 0.05) is 17.6 Å². The van der Waals surface area contributed by atoms with Crippen molar-refractivity contribution < 1.29 is 14.3 Å². The van der Waals surface area contributed by atoms with Crippen LogP contribution in [0.25, 0.3) is 0 Å². The molecule has 0 fully saturated rings. The molecular weight excluding hydrogens is 396 g/mol. The lowest BCUT2D eigenvalue weighted by Gasteiger charge is -2.15. The van der Waals surface area contributed by atoms with Crippen LogP contribution in [-0.4, -0.2) is 39.1 Å². The Morgan fingerprint density at radius 1 is 1.04 bits per heavy atom. The summed E-state index contributed by atoms with van der Waals surface area (Å²) in [6, 6.07) is 11.8. The van der Waals surface area contributed by atoms with Gasteiger partial charge in [-0.1, -0.05) is 40.2 Å². The Morgan fingerprint density at radius 3 is 2.27 bits per heavy atom. The van der Waals surface area contributed by atoms with Crippen molar-refractivity contribution in [2.45, 2.75) is 19.5 Å². The van der Waals surface area contributed by atoms with E-state index in [2.05, 4.69) is 32.2 Å². The van der Waals surface area contributed by atoms with Gasteiger partial charge in [0.05, 0.1) is 20.6 Å². The van der Waals surface area contributed by atoms with Crippen LogP contribution in [-0.2, 0) is 24.3 Å². The summed E-state index contributed by atoms with van der Waals surface area (Å²) < 4.78 is 11.4. The average Bonchev–Trinajstić information content (AvgIpc) is 2.61. The van der Waals surface area contributed by atoms with Crippen molar-refractivity contribution >= 4 is 21.8 Å². The van der Waals surface area contributed by atoms with Gasteiger partial charge in [-0.15, -0.1) is 0 Å². The first-order chi connectivity index (χ1) is 12.4. The highest BCUT2D eigenvalue weighted by atomic mass is 79.9. The van der Waals surface area contributed by atoms with Crippen molar-refractivity contribution in [3.63, 3.8) is 0 Å². The molecule has 140 valence electrons. The molecule has 0 aliphatic heterocycles. The van der Waals surface area contributed by atoms with Gasteiger partial charge in [-0.3, -0.25) is 4.79 Å². The van der Waals surface area contributed by atoms with E-state index in [-0.39, 0.29) is 12.3 Å². The van der Waals surface area contributed by atoms with Crippen LogP contribution >= 0.6 is 15.9 Å². The second-order valence-electron chi connectivity index (χ2n) is 6.26. The number of nitrogens with zero attached hydrogens (tertiary/aromatic N) is 1. The van der Waals surface area contributed by atoms with E-state index in [0.29, 0.717) is 18.0 Å². The minimum absolute atomic E-state index is 0.0439. The van der Waals surface area contributed by atoms with E-state index >= 15 is 0 Å². The molecule has 2 aromatic rings. The zero-order chi connectivity index (χ0) is 19.1. The normalized spacial score (nSPS) is 10.7. The van der Waals surface area contributed by atoms with Crippen molar-refractivity contribution in [2.75, 3.05) is 28.3 Å². The molecule has 0 aliphatic rings. The fourth-order valence-corrected chi connectivity index (χ4v) is 3.15. The van der Waals surface area contributed by atoms with Crippen LogP contribution in [0.1, 0.15) is 16.7 Å². The minimum Gasteiger partial charge on any atom is -0.493 e. The maximum atomic E-state index is 12.4. The van der Waals surface area contributed by atoms with Gasteiger partial charge < -0.3 is 19.7 Å². The van der Waals surface area contributed by atoms with Crippen LogP contribution < -0.4 is 14.8 Å². The maximum Gasteiger partial charge on any atom is 0.224 e. The standard InChI is InChI=1S/C20H25BrN2O3/c1-23(2)13-15-8-6-5-7-14(15)12-22-20(24)10-16-9-18(25-3)19(26-4)11-17(16)21/h5-9,11H,10,12-13H2,1-4H3,(H,22,24). The van der Waals surface area contributed by atoms with Crippen LogP contribution in [0.4, 0.5) is 0 Å². The summed E-state index contributed by atoms with van der Waals surface area (Å²) in [5.74, 6) is 1.19. The summed E-state index contributed by atoms with van der Waals surface area (Å²) in [5.41, 5.74) is 3.19. The molecule has 1 amide bonds. The molecule has 2 aromatic carbocycles. The number of amides is 1. The largest absolute Gasteiger partial charge is 0.493 e. The third kappa shape index (κ3) is 5.47. The van der Waals surface area contributed by atoms with E-state index < -0.39 is 0 Å². The van der Waals surface area contributed by atoms with Crippen molar-refractivity contribution in [1.29, 1.82) is 0 Å². The SMILES string of the molecule is COc1cc(Br)c(CC(=O)NCc2ccccc2CN(C)C)cc1OC. The summed E-state index contributed by atoms with van der Waals surface area (Å²) in [6.07, 6.45) is 0.261. The van der Waals surface area contributed by atoms with Crippen LogP contribution in [0.5, 0.6) is 11.5 Å². The number of nitrogens with one attached hydrogen (secondary N) is 1. The lowest BCUT2D eigenvalue weighted by Crippen LogP contribution is -2.25. The first-order valence-corrected chi connectivity index (χ1v) is 9.12. The Bertz CT molecular complexity index is 763. The van der Waals surface area contributed by atoms with E-state index in [1.54, 1.807) is 14.2 Å². The van der Waals surface area contributed by atoms with Gasteiger partial charge >= 0.3 is 0 Å². The smallest absolute Gasteiger partial charge is 0.224 e. The fraction of sp³-hybridized carbons (Fsp3) is 0.350. The molecule has 0 saturated heterocycles.